The minimum atomic E-state index is -4.21. The Morgan fingerprint density at radius 3 is 2.67 bits per heavy atom. The van der Waals surface area contributed by atoms with Crippen molar-refractivity contribution in [1.29, 1.82) is 0 Å². The van der Waals surface area contributed by atoms with Crippen molar-refractivity contribution in [3.63, 3.8) is 0 Å². The molecule has 4 nitrogen and oxygen atoms in total. The van der Waals surface area contributed by atoms with Gasteiger partial charge in [-0.25, -0.2) is 4.79 Å². The predicted molar refractivity (Wildman–Crippen MR) is 75.8 cm³/mol. The highest BCUT2D eigenvalue weighted by atomic mass is 32.1. The van der Waals surface area contributed by atoms with Crippen molar-refractivity contribution in [3.8, 4) is 0 Å². The molecule has 3 N–H and O–H groups in total. The fraction of sp³-hybridized carbons (Fsp3) is 0.615. The molecule has 0 aliphatic heterocycles. The van der Waals surface area contributed by atoms with E-state index in [0.29, 0.717) is 10.7 Å². The van der Waals surface area contributed by atoms with Crippen molar-refractivity contribution in [2.24, 2.45) is 0 Å². The topological polar surface area (TPSA) is 64.3 Å². The first-order valence-electron chi connectivity index (χ1n) is 6.73. The van der Waals surface area contributed by atoms with Gasteiger partial charge in [-0.05, 0) is 25.7 Å². The second kappa shape index (κ2) is 6.13. The quantitative estimate of drug-likeness (QED) is 0.783. The standard InChI is InChI=1S/C13H17F3N2O2S/c1-2-20-12(19)10-9(17)8(7-3-4-7)11(21-10)18-6-5-13(14,15)16/h7,18H,2-6,17H2,1H3. The number of hydrogen-bond acceptors (Lipinski definition) is 5. The summed E-state index contributed by atoms with van der Waals surface area (Å²) in [6, 6.07) is 0. The lowest BCUT2D eigenvalue weighted by atomic mass is 10.1. The summed E-state index contributed by atoms with van der Waals surface area (Å²) in [4.78, 5) is 12.1. The average molecular weight is 322 g/mol. The molecule has 0 atom stereocenters. The van der Waals surface area contributed by atoms with E-state index < -0.39 is 18.6 Å². The molecule has 0 bridgehead atoms. The van der Waals surface area contributed by atoms with Gasteiger partial charge in [0.2, 0.25) is 0 Å². The number of anilines is 2. The van der Waals surface area contributed by atoms with Crippen molar-refractivity contribution in [2.45, 2.75) is 38.3 Å². The number of thiophene rings is 1. The van der Waals surface area contributed by atoms with Crippen LogP contribution in [-0.2, 0) is 4.74 Å². The molecular formula is C13H17F3N2O2S. The van der Waals surface area contributed by atoms with Crippen LogP contribution in [-0.4, -0.2) is 25.3 Å². The number of carbonyl (C=O) groups excluding carboxylic acids is 1. The van der Waals surface area contributed by atoms with Gasteiger partial charge >= 0.3 is 12.1 Å². The smallest absolute Gasteiger partial charge is 0.390 e. The van der Waals surface area contributed by atoms with E-state index >= 15 is 0 Å². The van der Waals surface area contributed by atoms with E-state index in [9.17, 15) is 18.0 Å². The van der Waals surface area contributed by atoms with Gasteiger partial charge in [-0.1, -0.05) is 0 Å². The van der Waals surface area contributed by atoms with E-state index in [1.54, 1.807) is 6.92 Å². The Balaban J connectivity index is 2.15. The molecule has 0 radical (unpaired) electrons. The number of alkyl halides is 3. The monoisotopic (exact) mass is 322 g/mol. The fourth-order valence-electron chi connectivity index (χ4n) is 2.03. The molecule has 21 heavy (non-hydrogen) atoms. The lowest BCUT2D eigenvalue weighted by Crippen LogP contribution is -2.14. The number of carbonyl (C=O) groups is 1. The molecule has 0 amide bonds. The zero-order valence-electron chi connectivity index (χ0n) is 11.5. The summed E-state index contributed by atoms with van der Waals surface area (Å²) in [6.45, 7) is 1.68. The van der Waals surface area contributed by atoms with Crippen LogP contribution in [0.4, 0.5) is 23.9 Å². The second-order valence-electron chi connectivity index (χ2n) is 4.87. The summed E-state index contributed by atoms with van der Waals surface area (Å²) in [5.74, 6) is -0.288. The Morgan fingerprint density at radius 2 is 2.14 bits per heavy atom. The van der Waals surface area contributed by atoms with Crippen molar-refractivity contribution >= 4 is 28.0 Å². The molecule has 0 unspecified atom stereocenters. The van der Waals surface area contributed by atoms with E-state index in [2.05, 4.69) is 5.32 Å². The SMILES string of the molecule is CCOC(=O)c1sc(NCCC(F)(F)F)c(C2CC2)c1N. The third-order valence-corrected chi connectivity index (χ3v) is 4.28. The van der Waals surface area contributed by atoms with Crippen LogP contribution in [0.5, 0.6) is 0 Å². The zero-order valence-corrected chi connectivity index (χ0v) is 12.4. The molecule has 1 fully saturated rings. The molecular weight excluding hydrogens is 305 g/mol. The van der Waals surface area contributed by atoms with Gasteiger partial charge in [-0.15, -0.1) is 11.3 Å². The Labute approximate surface area is 124 Å². The largest absolute Gasteiger partial charge is 0.462 e. The Hall–Kier alpha value is -1.44. The van der Waals surface area contributed by atoms with Crippen LogP contribution in [0.2, 0.25) is 0 Å². The molecule has 118 valence electrons. The van der Waals surface area contributed by atoms with Crippen LogP contribution in [0.15, 0.2) is 0 Å². The number of nitrogens with one attached hydrogen (secondary N) is 1. The number of rotatable bonds is 6. The average Bonchev–Trinajstić information content (AvgIpc) is 3.13. The molecule has 0 aromatic carbocycles. The number of halogens is 3. The molecule has 8 heteroatoms. The zero-order chi connectivity index (χ0) is 15.6. The molecule has 0 spiro atoms. The van der Waals surface area contributed by atoms with Crippen LogP contribution in [0.1, 0.15) is 47.3 Å². The van der Waals surface area contributed by atoms with Crippen LogP contribution in [0.3, 0.4) is 0 Å². The summed E-state index contributed by atoms with van der Waals surface area (Å²) < 4.78 is 41.5. The summed E-state index contributed by atoms with van der Waals surface area (Å²) in [5.41, 5.74) is 7.09. The van der Waals surface area contributed by atoms with E-state index in [-0.39, 0.29) is 23.9 Å². The van der Waals surface area contributed by atoms with E-state index in [4.69, 9.17) is 10.5 Å². The van der Waals surface area contributed by atoms with Gasteiger partial charge in [-0.3, -0.25) is 0 Å². The summed E-state index contributed by atoms with van der Waals surface area (Å²) >= 11 is 1.08. The minimum Gasteiger partial charge on any atom is -0.462 e. The summed E-state index contributed by atoms with van der Waals surface area (Å²) in [6.07, 6.45) is -3.25. The summed E-state index contributed by atoms with van der Waals surface area (Å²) in [7, 11) is 0. The lowest BCUT2D eigenvalue weighted by molar-refractivity contribution is -0.131. The number of hydrogen-bond donors (Lipinski definition) is 2. The number of nitrogens with two attached hydrogens (primary N) is 1. The van der Waals surface area contributed by atoms with Gasteiger partial charge in [0.25, 0.3) is 0 Å². The maximum Gasteiger partial charge on any atom is 0.390 e. The van der Waals surface area contributed by atoms with Crippen molar-refractivity contribution in [1.82, 2.24) is 0 Å². The van der Waals surface area contributed by atoms with Crippen LogP contribution < -0.4 is 11.1 Å². The highest BCUT2D eigenvalue weighted by Crippen LogP contribution is 2.51. The number of ether oxygens (including phenoxy) is 1. The van der Waals surface area contributed by atoms with Crippen LogP contribution >= 0.6 is 11.3 Å². The predicted octanol–water partition coefficient (Wildman–Crippen LogP) is 3.75. The maximum atomic E-state index is 12.2. The molecule has 1 aromatic heterocycles. The molecule has 1 heterocycles. The van der Waals surface area contributed by atoms with Crippen LogP contribution in [0.25, 0.3) is 0 Å². The van der Waals surface area contributed by atoms with Gasteiger partial charge < -0.3 is 15.8 Å². The minimum absolute atomic E-state index is 0.228. The van der Waals surface area contributed by atoms with Gasteiger partial charge in [0.1, 0.15) is 4.88 Å². The molecule has 0 saturated heterocycles. The van der Waals surface area contributed by atoms with E-state index in [1.807, 2.05) is 0 Å². The molecule has 1 aliphatic rings. The first-order valence-corrected chi connectivity index (χ1v) is 7.55. The highest BCUT2D eigenvalue weighted by Gasteiger charge is 2.34. The van der Waals surface area contributed by atoms with Crippen molar-refractivity contribution < 1.29 is 22.7 Å². The fourth-order valence-corrected chi connectivity index (χ4v) is 3.16. The first kappa shape index (κ1) is 15.9. The van der Waals surface area contributed by atoms with E-state index in [0.717, 1.165) is 29.7 Å². The number of esters is 1. The summed E-state index contributed by atoms with van der Waals surface area (Å²) in [5, 5.41) is 3.32. The number of nitrogen functional groups attached to an aromatic ring is 1. The van der Waals surface area contributed by atoms with Gasteiger partial charge in [0, 0.05) is 12.1 Å². The second-order valence-corrected chi connectivity index (χ2v) is 5.89. The normalized spacial score (nSPS) is 15.0. The van der Waals surface area contributed by atoms with Gasteiger partial charge in [-0.2, -0.15) is 13.2 Å². The van der Waals surface area contributed by atoms with Crippen molar-refractivity contribution in [2.75, 3.05) is 24.2 Å². The molecule has 2 rings (SSSR count). The van der Waals surface area contributed by atoms with Gasteiger partial charge in [0.15, 0.2) is 0 Å². The maximum absolute atomic E-state index is 12.2. The Kier molecular flexibility index (Phi) is 4.65. The third-order valence-electron chi connectivity index (χ3n) is 3.12. The molecule has 1 aliphatic carbocycles. The lowest BCUT2D eigenvalue weighted by Gasteiger charge is -2.09. The highest BCUT2D eigenvalue weighted by molar-refractivity contribution is 7.18. The van der Waals surface area contributed by atoms with Gasteiger partial charge in [0.05, 0.1) is 23.7 Å². The van der Waals surface area contributed by atoms with Crippen LogP contribution in [0, 0.1) is 0 Å². The molecule has 1 saturated carbocycles. The Bertz CT molecular complexity index is 524. The Morgan fingerprint density at radius 1 is 1.48 bits per heavy atom. The third kappa shape index (κ3) is 4.03. The first-order chi connectivity index (χ1) is 9.83. The van der Waals surface area contributed by atoms with E-state index in [1.165, 1.54) is 0 Å². The molecule has 1 aromatic rings. The van der Waals surface area contributed by atoms with Crippen molar-refractivity contribution in [3.05, 3.63) is 10.4 Å².